The van der Waals surface area contributed by atoms with Gasteiger partial charge in [-0.25, -0.2) is 4.39 Å². The summed E-state index contributed by atoms with van der Waals surface area (Å²) < 4.78 is 17.8. The Kier molecular flexibility index (Phi) is 7.30. The van der Waals surface area contributed by atoms with E-state index in [-0.39, 0.29) is 18.2 Å². The van der Waals surface area contributed by atoms with E-state index in [9.17, 15) is 4.39 Å². The van der Waals surface area contributed by atoms with Gasteiger partial charge in [-0.05, 0) is 24.7 Å². The minimum absolute atomic E-state index is 0. The van der Waals surface area contributed by atoms with Crippen molar-refractivity contribution in [2.24, 2.45) is 0 Å². The van der Waals surface area contributed by atoms with Crippen LogP contribution in [-0.2, 0) is 11.3 Å². The lowest BCUT2D eigenvalue weighted by atomic mass is 10.2. The summed E-state index contributed by atoms with van der Waals surface area (Å²) in [6.07, 6.45) is 0. The fourth-order valence-electron chi connectivity index (χ4n) is 1.27. The molecule has 1 aromatic carbocycles. The van der Waals surface area contributed by atoms with Gasteiger partial charge in [0.15, 0.2) is 0 Å². The van der Waals surface area contributed by atoms with Crippen LogP contribution in [0.1, 0.15) is 5.56 Å². The molecular weight excluding hydrogens is 217 g/mol. The van der Waals surface area contributed by atoms with Crippen molar-refractivity contribution >= 4 is 12.4 Å². The number of hydrogen-bond acceptors (Lipinski definition) is 2. The van der Waals surface area contributed by atoms with E-state index in [4.69, 9.17) is 4.74 Å². The minimum atomic E-state index is -0.178. The Bertz CT molecular complexity index is 283. The zero-order valence-corrected chi connectivity index (χ0v) is 9.89. The SMILES string of the molecule is COCCN(C)Cc1cccc(F)c1.Cl. The van der Waals surface area contributed by atoms with Crippen LogP contribution in [0.25, 0.3) is 0 Å². The number of nitrogens with zero attached hydrogens (tertiary/aromatic N) is 1. The molecule has 0 fully saturated rings. The van der Waals surface area contributed by atoms with Crippen LogP contribution in [0.5, 0.6) is 0 Å². The zero-order valence-electron chi connectivity index (χ0n) is 9.07. The molecule has 4 heteroatoms. The molecule has 0 N–H and O–H groups in total. The fourth-order valence-corrected chi connectivity index (χ4v) is 1.27. The van der Waals surface area contributed by atoms with Crippen molar-refractivity contribution in [2.45, 2.75) is 6.54 Å². The van der Waals surface area contributed by atoms with Crippen LogP contribution in [0.2, 0.25) is 0 Å². The van der Waals surface area contributed by atoms with Crippen molar-refractivity contribution in [3.8, 4) is 0 Å². The largest absolute Gasteiger partial charge is 0.383 e. The second kappa shape index (κ2) is 7.63. The Morgan fingerprint density at radius 1 is 1.40 bits per heavy atom. The average Bonchev–Trinajstić information content (AvgIpc) is 2.15. The summed E-state index contributed by atoms with van der Waals surface area (Å²) in [5.74, 6) is -0.178. The molecular formula is C11H17ClFNO. The van der Waals surface area contributed by atoms with E-state index in [0.717, 1.165) is 18.7 Å². The highest BCUT2D eigenvalue weighted by atomic mass is 35.5. The quantitative estimate of drug-likeness (QED) is 0.774. The van der Waals surface area contributed by atoms with E-state index in [1.165, 1.54) is 6.07 Å². The fraction of sp³-hybridized carbons (Fsp3) is 0.455. The number of rotatable bonds is 5. The van der Waals surface area contributed by atoms with E-state index in [2.05, 4.69) is 4.90 Å². The van der Waals surface area contributed by atoms with Gasteiger partial charge in [0.2, 0.25) is 0 Å². The number of benzene rings is 1. The monoisotopic (exact) mass is 233 g/mol. The van der Waals surface area contributed by atoms with Gasteiger partial charge < -0.3 is 4.74 Å². The molecule has 0 aliphatic rings. The first kappa shape index (κ1) is 14.4. The molecule has 0 aliphatic heterocycles. The van der Waals surface area contributed by atoms with Gasteiger partial charge in [0, 0.05) is 20.2 Å². The molecule has 15 heavy (non-hydrogen) atoms. The molecule has 0 unspecified atom stereocenters. The van der Waals surface area contributed by atoms with Crippen molar-refractivity contribution in [1.82, 2.24) is 4.90 Å². The molecule has 86 valence electrons. The molecule has 0 radical (unpaired) electrons. The van der Waals surface area contributed by atoms with E-state index in [1.54, 1.807) is 19.2 Å². The summed E-state index contributed by atoms with van der Waals surface area (Å²) in [7, 11) is 3.67. The molecule has 0 atom stereocenters. The Hall–Kier alpha value is -0.640. The molecule has 2 nitrogen and oxygen atoms in total. The summed E-state index contributed by atoms with van der Waals surface area (Å²) in [5, 5.41) is 0. The second-order valence-electron chi connectivity index (χ2n) is 3.36. The molecule has 1 rings (SSSR count). The van der Waals surface area contributed by atoms with Crippen LogP contribution in [0, 0.1) is 5.82 Å². The van der Waals surface area contributed by atoms with E-state index >= 15 is 0 Å². The molecule has 1 aromatic rings. The Labute approximate surface area is 96.4 Å². The Balaban J connectivity index is 0.00000196. The minimum Gasteiger partial charge on any atom is -0.383 e. The maximum Gasteiger partial charge on any atom is 0.123 e. The third kappa shape index (κ3) is 5.72. The van der Waals surface area contributed by atoms with Crippen LogP contribution in [0.15, 0.2) is 24.3 Å². The summed E-state index contributed by atoms with van der Waals surface area (Å²) in [5.41, 5.74) is 0.989. The average molecular weight is 234 g/mol. The normalized spacial score (nSPS) is 10.1. The van der Waals surface area contributed by atoms with Crippen molar-refractivity contribution in [1.29, 1.82) is 0 Å². The molecule has 0 heterocycles. The van der Waals surface area contributed by atoms with Crippen molar-refractivity contribution < 1.29 is 9.13 Å². The third-order valence-corrected chi connectivity index (χ3v) is 2.02. The molecule has 0 amide bonds. The molecule has 0 saturated heterocycles. The summed E-state index contributed by atoms with van der Waals surface area (Å²) in [6, 6.07) is 6.67. The Morgan fingerprint density at radius 2 is 2.13 bits per heavy atom. The van der Waals surface area contributed by atoms with Crippen LogP contribution >= 0.6 is 12.4 Å². The first-order valence-electron chi connectivity index (χ1n) is 4.64. The maximum atomic E-state index is 12.8. The highest BCUT2D eigenvalue weighted by Gasteiger charge is 2.00. The van der Waals surface area contributed by atoms with E-state index in [1.807, 2.05) is 13.1 Å². The maximum absolute atomic E-state index is 12.8. The molecule has 0 aromatic heterocycles. The van der Waals surface area contributed by atoms with Gasteiger partial charge in [-0.1, -0.05) is 12.1 Å². The lowest BCUT2D eigenvalue weighted by Crippen LogP contribution is -2.22. The first-order chi connectivity index (χ1) is 6.72. The van der Waals surface area contributed by atoms with Gasteiger partial charge in [0.25, 0.3) is 0 Å². The second-order valence-corrected chi connectivity index (χ2v) is 3.36. The lowest BCUT2D eigenvalue weighted by Gasteiger charge is -2.15. The van der Waals surface area contributed by atoms with Gasteiger partial charge >= 0.3 is 0 Å². The molecule has 0 spiro atoms. The van der Waals surface area contributed by atoms with Gasteiger partial charge in [0.1, 0.15) is 5.82 Å². The molecule has 0 saturated carbocycles. The van der Waals surface area contributed by atoms with E-state index in [0.29, 0.717) is 6.61 Å². The van der Waals surface area contributed by atoms with Crippen LogP contribution < -0.4 is 0 Å². The summed E-state index contributed by atoms with van der Waals surface area (Å²) >= 11 is 0. The molecule has 0 aliphatic carbocycles. The standard InChI is InChI=1S/C11H16FNO.ClH/c1-13(6-7-14-2)9-10-4-3-5-11(12)8-10;/h3-5,8H,6-7,9H2,1-2H3;1H. The first-order valence-corrected chi connectivity index (χ1v) is 4.64. The number of methoxy groups -OCH3 is 1. The van der Waals surface area contributed by atoms with Crippen molar-refractivity contribution in [3.63, 3.8) is 0 Å². The van der Waals surface area contributed by atoms with Gasteiger partial charge in [-0.15, -0.1) is 12.4 Å². The number of hydrogen-bond donors (Lipinski definition) is 0. The summed E-state index contributed by atoms with van der Waals surface area (Å²) in [4.78, 5) is 2.10. The van der Waals surface area contributed by atoms with Gasteiger partial charge in [-0.2, -0.15) is 0 Å². The number of ether oxygens (including phenoxy) is 1. The summed E-state index contributed by atoms with van der Waals surface area (Å²) in [6.45, 7) is 2.31. The topological polar surface area (TPSA) is 12.5 Å². The van der Waals surface area contributed by atoms with Crippen LogP contribution in [0.3, 0.4) is 0 Å². The Morgan fingerprint density at radius 3 is 2.73 bits per heavy atom. The zero-order chi connectivity index (χ0) is 10.4. The number of halogens is 2. The van der Waals surface area contributed by atoms with E-state index < -0.39 is 0 Å². The highest BCUT2D eigenvalue weighted by molar-refractivity contribution is 5.85. The van der Waals surface area contributed by atoms with Crippen molar-refractivity contribution in [2.75, 3.05) is 27.3 Å². The predicted molar refractivity (Wildman–Crippen MR) is 61.9 cm³/mol. The van der Waals surface area contributed by atoms with Crippen LogP contribution in [0.4, 0.5) is 4.39 Å². The lowest BCUT2D eigenvalue weighted by molar-refractivity contribution is 0.158. The third-order valence-electron chi connectivity index (χ3n) is 2.02. The van der Waals surface area contributed by atoms with Crippen molar-refractivity contribution in [3.05, 3.63) is 35.6 Å². The van der Waals surface area contributed by atoms with Gasteiger partial charge in [-0.3, -0.25) is 4.90 Å². The highest BCUT2D eigenvalue weighted by Crippen LogP contribution is 2.05. The molecule has 0 bridgehead atoms. The predicted octanol–water partition coefficient (Wildman–Crippen LogP) is 2.33. The van der Waals surface area contributed by atoms with Gasteiger partial charge in [0.05, 0.1) is 6.61 Å². The van der Waals surface area contributed by atoms with Crippen LogP contribution in [-0.4, -0.2) is 32.2 Å². The smallest absolute Gasteiger partial charge is 0.123 e. The number of likely N-dealkylation sites (N-methyl/N-ethyl adjacent to an activating group) is 1.